The minimum Gasteiger partial charge on any atom is -0.446 e. The van der Waals surface area contributed by atoms with Crippen molar-refractivity contribution in [2.75, 3.05) is 11.6 Å². The molecule has 0 radical (unpaired) electrons. The zero-order valence-corrected chi connectivity index (χ0v) is 21.6. The van der Waals surface area contributed by atoms with Gasteiger partial charge in [-0.2, -0.15) is 5.10 Å². The van der Waals surface area contributed by atoms with E-state index in [-0.39, 0.29) is 29.7 Å². The lowest BCUT2D eigenvalue weighted by molar-refractivity contribution is 0.0981. The lowest BCUT2D eigenvalue weighted by Gasteiger charge is -2.23. The highest BCUT2D eigenvalue weighted by Gasteiger charge is 2.32. The maximum absolute atomic E-state index is 12.1. The summed E-state index contributed by atoms with van der Waals surface area (Å²) in [4.78, 5) is 12.3. The number of amides is 1. The van der Waals surface area contributed by atoms with Crippen LogP contribution in [-0.2, 0) is 20.0 Å². The number of hydrogen-bond acceptors (Lipinski definition) is 6. The SMILES string of the molecule is CC(C)NC(=O)O[C@@H]1CC[C@H](c2cc(Nc3ccc(S(C)(=N)=O)c(Cl)c3)n(C(C)(C)C)n2)C1. The van der Waals surface area contributed by atoms with Crippen molar-refractivity contribution in [2.24, 2.45) is 0 Å². The van der Waals surface area contributed by atoms with Crippen LogP contribution in [0, 0.1) is 4.78 Å². The fourth-order valence-electron chi connectivity index (χ4n) is 3.98. The van der Waals surface area contributed by atoms with Crippen molar-refractivity contribution in [1.82, 2.24) is 15.1 Å². The Balaban J connectivity index is 1.80. The summed E-state index contributed by atoms with van der Waals surface area (Å²) < 4.78 is 27.4. The van der Waals surface area contributed by atoms with E-state index in [2.05, 4.69) is 31.4 Å². The molecule has 2 aromatic rings. The highest BCUT2D eigenvalue weighted by molar-refractivity contribution is 7.91. The van der Waals surface area contributed by atoms with Gasteiger partial charge in [0.05, 0.1) is 30.9 Å². The molecule has 33 heavy (non-hydrogen) atoms. The van der Waals surface area contributed by atoms with Crippen LogP contribution >= 0.6 is 11.6 Å². The lowest BCUT2D eigenvalue weighted by Crippen LogP contribution is -2.33. The Labute approximate surface area is 201 Å². The number of aromatic nitrogens is 2. The molecule has 3 N–H and O–H groups in total. The number of hydrogen-bond donors (Lipinski definition) is 3. The van der Waals surface area contributed by atoms with Crippen LogP contribution in [0.25, 0.3) is 0 Å². The van der Waals surface area contributed by atoms with Gasteiger partial charge in [-0.1, -0.05) is 11.6 Å². The second kappa shape index (κ2) is 9.54. The molecule has 0 spiro atoms. The number of nitrogens with zero attached hydrogens (tertiary/aromatic N) is 2. The van der Waals surface area contributed by atoms with Gasteiger partial charge < -0.3 is 15.4 Å². The first-order chi connectivity index (χ1) is 15.2. The summed E-state index contributed by atoms with van der Waals surface area (Å²) in [7, 11) is -2.90. The Bertz CT molecular complexity index is 1120. The summed E-state index contributed by atoms with van der Waals surface area (Å²) >= 11 is 6.30. The van der Waals surface area contributed by atoms with Gasteiger partial charge in [0.2, 0.25) is 0 Å². The largest absolute Gasteiger partial charge is 0.446 e. The zero-order valence-electron chi connectivity index (χ0n) is 20.1. The number of ether oxygens (including phenoxy) is 1. The molecule has 3 atom stereocenters. The first-order valence-electron chi connectivity index (χ1n) is 11.1. The predicted octanol–water partition coefficient (Wildman–Crippen LogP) is 5.84. The van der Waals surface area contributed by atoms with Crippen LogP contribution < -0.4 is 10.6 Å². The van der Waals surface area contributed by atoms with E-state index < -0.39 is 9.73 Å². The number of carbonyl (C=O) groups is 1. The number of carbonyl (C=O) groups excluding carboxylic acids is 1. The molecule has 0 saturated heterocycles. The summed E-state index contributed by atoms with van der Waals surface area (Å²) in [6, 6.07) is 7.15. The Morgan fingerprint density at radius 1 is 1.30 bits per heavy atom. The van der Waals surface area contributed by atoms with E-state index in [0.717, 1.165) is 36.5 Å². The molecule has 1 amide bonds. The third-order valence-electron chi connectivity index (χ3n) is 5.47. The van der Waals surface area contributed by atoms with Gasteiger partial charge in [-0.25, -0.2) is 18.5 Å². The zero-order chi connectivity index (χ0) is 24.6. The maximum atomic E-state index is 12.1. The van der Waals surface area contributed by atoms with Crippen LogP contribution in [0.4, 0.5) is 16.3 Å². The van der Waals surface area contributed by atoms with E-state index in [1.807, 2.05) is 24.6 Å². The monoisotopic (exact) mass is 495 g/mol. The molecule has 3 rings (SSSR count). The number of alkyl carbamates (subject to hydrolysis) is 1. The second-order valence-electron chi connectivity index (χ2n) is 9.99. The standard InChI is InChI=1S/C23H34ClN5O3S/c1-14(2)26-22(30)32-17-9-7-15(11-17)19-13-21(29(28-19)23(3,4)5)27-16-8-10-20(18(24)12-16)33(6,25)31/h8,10,12-15,17,25,27H,7,9,11H2,1-6H3,(H,26,30)/t15-,17+,33?/m0/s1. The van der Waals surface area contributed by atoms with Crippen LogP contribution in [0.3, 0.4) is 0 Å². The molecular weight excluding hydrogens is 462 g/mol. The van der Waals surface area contributed by atoms with Crippen molar-refractivity contribution < 1.29 is 13.7 Å². The number of nitrogens with one attached hydrogen (secondary N) is 3. The van der Waals surface area contributed by atoms with E-state index in [1.165, 1.54) is 6.26 Å². The van der Waals surface area contributed by atoms with Crippen molar-refractivity contribution in [3.8, 4) is 0 Å². The van der Waals surface area contributed by atoms with Crippen molar-refractivity contribution in [3.63, 3.8) is 0 Å². The molecule has 0 aliphatic heterocycles. The van der Waals surface area contributed by atoms with Crippen LogP contribution in [0.15, 0.2) is 29.2 Å². The Morgan fingerprint density at radius 3 is 2.58 bits per heavy atom. The van der Waals surface area contributed by atoms with Crippen molar-refractivity contribution >= 4 is 38.9 Å². The van der Waals surface area contributed by atoms with Crippen LogP contribution in [0.5, 0.6) is 0 Å². The molecule has 1 aliphatic carbocycles. The highest BCUT2D eigenvalue weighted by Crippen LogP contribution is 2.38. The van der Waals surface area contributed by atoms with Gasteiger partial charge in [-0.15, -0.1) is 0 Å². The average Bonchev–Trinajstić information content (AvgIpc) is 3.26. The quantitative estimate of drug-likeness (QED) is 0.466. The van der Waals surface area contributed by atoms with Gasteiger partial charge in [0.25, 0.3) is 0 Å². The van der Waals surface area contributed by atoms with Crippen LogP contribution in [0.2, 0.25) is 5.02 Å². The molecule has 1 saturated carbocycles. The van der Waals surface area contributed by atoms with Gasteiger partial charge in [-0.3, -0.25) is 0 Å². The molecule has 8 nitrogen and oxygen atoms in total. The van der Waals surface area contributed by atoms with Gasteiger partial charge in [0.1, 0.15) is 11.9 Å². The molecule has 1 aromatic carbocycles. The fraction of sp³-hybridized carbons (Fsp3) is 0.565. The van der Waals surface area contributed by atoms with Gasteiger partial charge in [-0.05, 0) is 72.1 Å². The van der Waals surface area contributed by atoms with Crippen LogP contribution in [0.1, 0.15) is 65.5 Å². The summed E-state index contributed by atoms with van der Waals surface area (Å²) in [5, 5.41) is 11.3. The van der Waals surface area contributed by atoms with E-state index in [4.69, 9.17) is 26.2 Å². The van der Waals surface area contributed by atoms with E-state index in [9.17, 15) is 9.00 Å². The number of halogens is 1. The first kappa shape index (κ1) is 25.4. The van der Waals surface area contributed by atoms with Gasteiger partial charge in [0.15, 0.2) is 0 Å². The Kier molecular flexibility index (Phi) is 7.33. The first-order valence-corrected chi connectivity index (χ1v) is 13.5. The molecule has 1 unspecified atom stereocenters. The summed E-state index contributed by atoms with van der Waals surface area (Å²) in [6.07, 6.45) is 3.30. The molecule has 1 fully saturated rings. The summed E-state index contributed by atoms with van der Waals surface area (Å²) in [5.74, 6) is 1.01. The molecular formula is C23H34ClN5O3S. The van der Waals surface area contributed by atoms with E-state index >= 15 is 0 Å². The second-order valence-corrected chi connectivity index (χ2v) is 12.5. The topological polar surface area (TPSA) is 109 Å². The third-order valence-corrected chi connectivity index (χ3v) is 7.09. The van der Waals surface area contributed by atoms with Crippen molar-refractivity contribution in [2.45, 2.75) is 82.4 Å². The normalized spacial score (nSPS) is 20.5. The third kappa shape index (κ3) is 6.41. The molecule has 1 aliphatic rings. The van der Waals surface area contributed by atoms with Crippen molar-refractivity contribution in [1.29, 1.82) is 4.78 Å². The van der Waals surface area contributed by atoms with Crippen LogP contribution in [-0.4, -0.2) is 38.5 Å². The maximum Gasteiger partial charge on any atom is 0.407 e. The minimum absolute atomic E-state index is 0.0401. The highest BCUT2D eigenvalue weighted by atomic mass is 35.5. The average molecular weight is 496 g/mol. The lowest BCUT2D eigenvalue weighted by atomic mass is 10.0. The summed E-state index contributed by atoms with van der Waals surface area (Å²) in [6.45, 7) is 10.0. The Hall–Kier alpha value is -2.26. The summed E-state index contributed by atoms with van der Waals surface area (Å²) in [5.41, 5.74) is 1.41. The number of rotatable bonds is 6. The smallest absolute Gasteiger partial charge is 0.407 e. The fourth-order valence-corrected chi connectivity index (χ4v) is 5.36. The van der Waals surface area contributed by atoms with Gasteiger partial charge >= 0.3 is 6.09 Å². The van der Waals surface area contributed by atoms with E-state index in [1.54, 1.807) is 18.2 Å². The molecule has 10 heteroatoms. The van der Waals surface area contributed by atoms with Crippen molar-refractivity contribution in [3.05, 3.63) is 35.0 Å². The molecule has 1 aromatic heterocycles. The van der Waals surface area contributed by atoms with Gasteiger partial charge in [0, 0.05) is 30.0 Å². The molecule has 0 bridgehead atoms. The molecule has 1 heterocycles. The number of benzene rings is 1. The number of anilines is 2. The van der Waals surface area contributed by atoms with E-state index in [0.29, 0.717) is 9.92 Å². The Morgan fingerprint density at radius 2 is 2.00 bits per heavy atom. The molecule has 182 valence electrons. The predicted molar refractivity (Wildman–Crippen MR) is 132 cm³/mol. The minimum atomic E-state index is -2.90.